The molecule has 0 aromatic carbocycles. The fourth-order valence-corrected chi connectivity index (χ4v) is 2.62. The number of aromatic nitrogens is 2. The molecule has 104 valence electrons. The van der Waals surface area contributed by atoms with Crippen molar-refractivity contribution in [3.05, 3.63) is 40.3 Å². The van der Waals surface area contributed by atoms with Crippen LogP contribution >= 0.6 is 23.1 Å². The van der Waals surface area contributed by atoms with E-state index in [2.05, 4.69) is 9.36 Å². The predicted molar refractivity (Wildman–Crippen MR) is 75.8 cm³/mol. The first-order valence-corrected chi connectivity index (χ1v) is 6.66. The number of carbonyl (C=O) groups is 2. The Balaban J connectivity index is 2.39. The molecule has 8 heteroatoms. The summed E-state index contributed by atoms with van der Waals surface area (Å²) in [4.78, 5) is 28.6. The van der Waals surface area contributed by atoms with E-state index in [1.54, 1.807) is 13.0 Å². The van der Waals surface area contributed by atoms with Crippen molar-refractivity contribution in [1.29, 1.82) is 0 Å². The summed E-state index contributed by atoms with van der Waals surface area (Å²) in [6.07, 6.45) is 1.42. The number of hydrogen-bond acceptors (Lipinski definition) is 5. The van der Waals surface area contributed by atoms with Crippen LogP contribution in [0, 0.1) is 6.92 Å². The zero-order valence-corrected chi connectivity index (χ0v) is 12.2. The first-order chi connectivity index (χ1) is 9.41. The number of aryl methyl sites for hydroxylation is 1. The Labute approximate surface area is 123 Å². The first-order valence-electron chi connectivity index (χ1n) is 5.51. The molecule has 0 saturated heterocycles. The summed E-state index contributed by atoms with van der Waals surface area (Å²) >= 11 is 6.76. The molecule has 0 radical (unpaired) electrons. The van der Waals surface area contributed by atoms with Crippen molar-refractivity contribution in [1.82, 2.24) is 9.36 Å². The molecular formula is C12H10ClN3O3S. The Bertz CT molecular complexity index is 686. The van der Waals surface area contributed by atoms with E-state index in [9.17, 15) is 14.7 Å². The van der Waals surface area contributed by atoms with Crippen LogP contribution in [0.4, 0.5) is 5.00 Å². The molecule has 0 unspecified atom stereocenters. The standard InChI is InChI=1S/C12H10ClN3O3S/c1-6-9(12(18)19)11(20-15-6)16(2)10(17)8-5-7(13)3-4-14-8/h3-5H,1-2H3,(H,18,19). The van der Waals surface area contributed by atoms with Gasteiger partial charge in [-0.3, -0.25) is 14.7 Å². The molecule has 1 N–H and O–H groups in total. The molecule has 2 heterocycles. The lowest BCUT2D eigenvalue weighted by Crippen LogP contribution is -2.27. The van der Waals surface area contributed by atoms with Crippen molar-refractivity contribution in [2.24, 2.45) is 0 Å². The highest BCUT2D eigenvalue weighted by Gasteiger charge is 2.25. The second-order valence-corrected chi connectivity index (χ2v) is 5.17. The van der Waals surface area contributed by atoms with Crippen LogP contribution in [0.2, 0.25) is 5.02 Å². The summed E-state index contributed by atoms with van der Waals surface area (Å²) in [6, 6.07) is 2.98. The summed E-state index contributed by atoms with van der Waals surface area (Å²) in [5.41, 5.74) is 0.534. The maximum atomic E-state index is 12.3. The third-order valence-electron chi connectivity index (χ3n) is 2.61. The van der Waals surface area contributed by atoms with Gasteiger partial charge in [-0.05, 0) is 30.6 Å². The van der Waals surface area contributed by atoms with E-state index in [1.807, 2.05) is 0 Å². The van der Waals surface area contributed by atoms with E-state index in [4.69, 9.17) is 11.6 Å². The van der Waals surface area contributed by atoms with Crippen LogP contribution < -0.4 is 4.90 Å². The maximum Gasteiger partial charge on any atom is 0.340 e. The van der Waals surface area contributed by atoms with Crippen LogP contribution in [0.5, 0.6) is 0 Å². The molecule has 2 rings (SSSR count). The molecule has 1 amide bonds. The van der Waals surface area contributed by atoms with Gasteiger partial charge in [0, 0.05) is 18.3 Å². The van der Waals surface area contributed by atoms with Crippen molar-refractivity contribution in [3.8, 4) is 0 Å². The summed E-state index contributed by atoms with van der Waals surface area (Å²) < 4.78 is 3.97. The number of carbonyl (C=O) groups excluding carboxylic acids is 1. The fraction of sp³-hybridized carbons (Fsp3) is 0.167. The molecule has 0 atom stereocenters. The normalized spacial score (nSPS) is 10.3. The Morgan fingerprint density at radius 1 is 1.45 bits per heavy atom. The third kappa shape index (κ3) is 2.63. The van der Waals surface area contributed by atoms with Gasteiger partial charge in [0.1, 0.15) is 16.3 Å². The molecule has 2 aromatic rings. The molecule has 0 saturated carbocycles. The Kier molecular flexibility index (Phi) is 4.01. The topological polar surface area (TPSA) is 83.4 Å². The van der Waals surface area contributed by atoms with E-state index in [-0.39, 0.29) is 16.3 Å². The lowest BCUT2D eigenvalue weighted by molar-refractivity contribution is 0.0697. The Hall–Kier alpha value is -1.99. The summed E-state index contributed by atoms with van der Waals surface area (Å²) in [5, 5.41) is 9.82. The van der Waals surface area contributed by atoms with Gasteiger partial charge in [0.2, 0.25) is 0 Å². The van der Waals surface area contributed by atoms with Crippen LogP contribution in [-0.2, 0) is 0 Å². The molecular weight excluding hydrogens is 302 g/mol. The molecule has 0 bridgehead atoms. The van der Waals surface area contributed by atoms with Crippen LogP contribution in [0.1, 0.15) is 26.5 Å². The smallest absolute Gasteiger partial charge is 0.340 e. The zero-order chi connectivity index (χ0) is 14.9. The van der Waals surface area contributed by atoms with Gasteiger partial charge in [0.05, 0.1) is 5.69 Å². The van der Waals surface area contributed by atoms with Crippen LogP contribution in [-0.4, -0.2) is 33.4 Å². The Morgan fingerprint density at radius 3 is 2.75 bits per heavy atom. The molecule has 6 nitrogen and oxygen atoms in total. The number of pyridine rings is 1. The summed E-state index contributed by atoms with van der Waals surface area (Å²) in [7, 11) is 1.48. The number of nitrogens with zero attached hydrogens (tertiary/aromatic N) is 3. The number of aromatic carboxylic acids is 1. The van der Waals surface area contributed by atoms with Gasteiger partial charge in [-0.2, -0.15) is 4.37 Å². The molecule has 20 heavy (non-hydrogen) atoms. The van der Waals surface area contributed by atoms with Crippen molar-refractivity contribution in [2.75, 3.05) is 11.9 Å². The second-order valence-electron chi connectivity index (χ2n) is 3.98. The minimum absolute atomic E-state index is 0.0212. The average Bonchev–Trinajstić information content (AvgIpc) is 2.79. The first kappa shape index (κ1) is 14.4. The lowest BCUT2D eigenvalue weighted by atomic mass is 10.2. The maximum absolute atomic E-state index is 12.3. The Morgan fingerprint density at radius 2 is 2.15 bits per heavy atom. The highest BCUT2D eigenvalue weighted by molar-refractivity contribution is 7.11. The number of carboxylic acid groups (broad SMARTS) is 1. The molecule has 0 aliphatic carbocycles. The monoisotopic (exact) mass is 311 g/mol. The van der Waals surface area contributed by atoms with Crippen molar-refractivity contribution in [2.45, 2.75) is 6.92 Å². The van der Waals surface area contributed by atoms with E-state index in [0.29, 0.717) is 10.7 Å². The summed E-state index contributed by atoms with van der Waals surface area (Å²) in [6.45, 7) is 1.58. The van der Waals surface area contributed by atoms with Gasteiger partial charge in [-0.1, -0.05) is 11.6 Å². The van der Waals surface area contributed by atoms with Crippen LogP contribution in [0.3, 0.4) is 0 Å². The largest absolute Gasteiger partial charge is 0.478 e. The van der Waals surface area contributed by atoms with Gasteiger partial charge in [0.25, 0.3) is 5.91 Å². The zero-order valence-electron chi connectivity index (χ0n) is 10.6. The number of carboxylic acids is 1. The van der Waals surface area contributed by atoms with Crippen LogP contribution in [0.15, 0.2) is 18.3 Å². The minimum atomic E-state index is -1.12. The molecule has 0 aliphatic rings. The van der Waals surface area contributed by atoms with E-state index < -0.39 is 11.9 Å². The van der Waals surface area contributed by atoms with Gasteiger partial charge >= 0.3 is 5.97 Å². The highest BCUT2D eigenvalue weighted by Crippen LogP contribution is 2.28. The SMILES string of the molecule is Cc1nsc(N(C)C(=O)c2cc(Cl)ccn2)c1C(=O)O. The average molecular weight is 312 g/mol. The van der Waals surface area contributed by atoms with Gasteiger partial charge < -0.3 is 5.11 Å². The fourth-order valence-electron chi connectivity index (χ4n) is 1.62. The van der Waals surface area contributed by atoms with Crippen molar-refractivity contribution < 1.29 is 14.7 Å². The molecule has 2 aromatic heterocycles. The lowest BCUT2D eigenvalue weighted by Gasteiger charge is -2.15. The number of anilines is 1. The second kappa shape index (κ2) is 5.56. The molecule has 0 aliphatic heterocycles. The molecule has 0 fully saturated rings. The van der Waals surface area contributed by atoms with E-state index in [1.165, 1.54) is 24.2 Å². The van der Waals surface area contributed by atoms with E-state index in [0.717, 1.165) is 11.5 Å². The predicted octanol–water partition coefficient (Wildman–Crippen LogP) is 2.47. The number of hydrogen-bond donors (Lipinski definition) is 1. The van der Waals surface area contributed by atoms with Gasteiger partial charge in [0.15, 0.2) is 0 Å². The van der Waals surface area contributed by atoms with Crippen molar-refractivity contribution in [3.63, 3.8) is 0 Å². The third-order valence-corrected chi connectivity index (χ3v) is 3.86. The van der Waals surface area contributed by atoms with Crippen molar-refractivity contribution >= 4 is 40.0 Å². The highest BCUT2D eigenvalue weighted by atomic mass is 35.5. The number of amides is 1. The van der Waals surface area contributed by atoms with Gasteiger partial charge in [-0.25, -0.2) is 4.79 Å². The summed E-state index contributed by atoms with van der Waals surface area (Å²) in [5.74, 6) is -1.57. The minimum Gasteiger partial charge on any atom is -0.478 e. The van der Waals surface area contributed by atoms with E-state index >= 15 is 0 Å². The molecule has 0 spiro atoms. The van der Waals surface area contributed by atoms with Gasteiger partial charge in [-0.15, -0.1) is 0 Å². The number of rotatable bonds is 3. The quantitative estimate of drug-likeness (QED) is 0.941. The van der Waals surface area contributed by atoms with Crippen LogP contribution in [0.25, 0.3) is 0 Å². The number of halogens is 1.